The summed E-state index contributed by atoms with van der Waals surface area (Å²) in [6, 6.07) is 12.3. The van der Waals surface area contributed by atoms with Crippen LogP contribution in [-0.2, 0) is 11.3 Å². The van der Waals surface area contributed by atoms with Crippen LogP contribution >= 0.6 is 12.4 Å². The Morgan fingerprint density at radius 1 is 1.26 bits per heavy atom. The number of carbonyl (C=O) groups is 1. The highest BCUT2D eigenvalue weighted by Gasteiger charge is 2.29. The van der Waals surface area contributed by atoms with Gasteiger partial charge in [-0.1, -0.05) is 18.2 Å². The highest BCUT2D eigenvalue weighted by Crippen LogP contribution is 2.24. The molecule has 4 nitrogen and oxygen atoms in total. The summed E-state index contributed by atoms with van der Waals surface area (Å²) in [5, 5.41) is 3.40. The van der Waals surface area contributed by atoms with Crippen molar-refractivity contribution in [2.24, 2.45) is 0 Å². The van der Waals surface area contributed by atoms with Gasteiger partial charge in [-0.05, 0) is 69.1 Å². The fourth-order valence-electron chi connectivity index (χ4n) is 3.53. The van der Waals surface area contributed by atoms with Crippen LogP contribution in [0.2, 0.25) is 0 Å². The van der Waals surface area contributed by atoms with Gasteiger partial charge in [0.1, 0.15) is 5.82 Å². The van der Waals surface area contributed by atoms with Crippen molar-refractivity contribution in [3.05, 3.63) is 65.7 Å². The fourth-order valence-corrected chi connectivity index (χ4v) is 3.53. The van der Waals surface area contributed by atoms with Crippen molar-refractivity contribution in [2.75, 3.05) is 13.1 Å². The van der Waals surface area contributed by atoms with Crippen molar-refractivity contribution in [3.63, 3.8) is 0 Å². The molecule has 1 aromatic carbocycles. The lowest BCUT2D eigenvalue weighted by molar-refractivity contribution is -0.135. The minimum absolute atomic E-state index is 0. The Hall–Kier alpha value is -1.98. The van der Waals surface area contributed by atoms with Crippen LogP contribution in [0.15, 0.2) is 48.7 Å². The van der Waals surface area contributed by atoms with E-state index in [9.17, 15) is 9.18 Å². The van der Waals surface area contributed by atoms with Gasteiger partial charge in [0, 0.05) is 12.2 Å². The zero-order valence-electron chi connectivity index (χ0n) is 15.6. The van der Waals surface area contributed by atoms with Gasteiger partial charge >= 0.3 is 0 Å². The van der Waals surface area contributed by atoms with Gasteiger partial charge in [-0.3, -0.25) is 9.78 Å². The Morgan fingerprint density at radius 2 is 2.11 bits per heavy atom. The van der Waals surface area contributed by atoms with E-state index in [1.165, 1.54) is 12.1 Å². The van der Waals surface area contributed by atoms with Crippen molar-refractivity contribution in [1.82, 2.24) is 15.2 Å². The Morgan fingerprint density at radius 3 is 2.85 bits per heavy atom. The number of hydrogen-bond acceptors (Lipinski definition) is 3. The molecule has 0 aliphatic carbocycles. The third-order valence-corrected chi connectivity index (χ3v) is 5.05. The SMILES string of the molecule is CC(C(=O)N(Cc1ccccn1)C1CCCNCC1)c1cccc(F)c1.Cl. The van der Waals surface area contributed by atoms with Crippen LogP contribution in [0.3, 0.4) is 0 Å². The van der Waals surface area contributed by atoms with Gasteiger partial charge in [-0.2, -0.15) is 0 Å². The van der Waals surface area contributed by atoms with Crippen molar-refractivity contribution < 1.29 is 9.18 Å². The molecule has 1 aliphatic rings. The summed E-state index contributed by atoms with van der Waals surface area (Å²) in [4.78, 5) is 19.7. The summed E-state index contributed by atoms with van der Waals surface area (Å²) in [7, 11) is 0. The number of amides is 1. The van der Waals surface area contributed by atoms with E-state index in [2.05, 4.69) is 10.3 Å². The van der Waals surface area contributed by atoms with Gasteiger partial charge in [-0.15, -0.1) is 12.4 Å². The smallest absolute Gasteiger partial charge is 0.230 e. The zero-order chi connectivity index (χ0) is 18.4. The van der Waals surface area contributed by atoms with Gasteiger partial charge in [0.2, 0.25) is 5.91 Å². The van der Waals surface area contributed by atoms with Crippen molar-refractivity contribution in [1.29, 1.82) is 0 Å². The average molecular weight is 392 g/mol. The van der Waals surface area contributed by atoms with E-state index < -0.39 is 0 Å². The van der Waals surface area contributed by atoms with Crippen molar-refractivity contribution >= 4 is 18.3 Å². The maximum Gasteiger partial charge on any atom is 0.230 e. The van der Waals surface area contributed by atoms with E-state index in [0.29, 0.717) is 12.1 Å². The normalized spacial score (nSPS) is 18.1. The van der Waals surface area contributed by atoms with E-state index in [0.717, 1.165) is 38.0 Å². The molecule has 2 unspecified atom stereocenters. The second-order valence-electron chi connectivity index (χ2n) is 6.90. The van der Waals surface area contributed by atoms with Crippen LogP contribution in [0.1, 0.15) is 43.4 Å². The van der Waals surface area contributed by atoms with Crippen molar-refractivity contribution in [2.45, 2.75) is 44.7 Å². The Bertz CT molecular complexity index is 720. The molecule has 1 N–H and O–H groups in total. The van der Waals surface area contributed by atoms with Gasteiger partial charge < -0.3 is 10.2 Å². The molecule has 146 valence electrons. The molecule has 1 saturated heterocycles. The second-order valence-corrected chi connectivity index (χ2v) is 6.90. The second kappa shape index (κ2) is 10.4. The lowest BCUT2D eigenvalue weighted by Crippen LogP contribution is -2.42. The molecule has 0 radical (unpaired) electrons. The summed E-state index contributed by atoms with van der Waals surface area (Å²) < 4.78 is 13.6. The molecule has 6 heteroatoms. The first-order valence-corrected chi connectivity index (χ1v) is 9.31. The number of carbonyl (C=O) groups excluding carboxylic acids is 1. The summed E-state index contributed by atoms with van der Waals surface area (Å²) in [6.07, 6.45) is 4.70. The van der Waals surface area contributed by atoms with Crippen molar-refractivity contribution in [3.8, 4) is 0 Å². The first kappa shape index (κ1) is 21.3. The molecule has 0 bridgehead atoms. The zero-order valence-corrected chi connectivity index (χ0v) is 16.4. The molecule has 0 spiro atoms. The topological polar surface area (TPSA) is 45.2 Å². The number of hydrogen-bond donors (Lipinski definition) is 1. The fraction of sp³-hybridized carbons (Fsp3) is 0.429. The Labute approximate surface area is 166 Å². The minimum Gasteiger partial charge on any atom is -0.333 e. The molecular weight excluding hydrogens is 365 g/mol. The van der Waals surface area contributed by atoms with E-state index in [1.807, 2.05) is 36.1 Å². The maximum absolute atomic E-state index is 13.6. The first-order valence-electron chi connectivity index (χ1n) is 9.31. The molecule has 2 atom stereocenters. The van der Waals surface area contributed by atoms with Gasteiger partial charge in [0.15, 0.2) is 0 Å². The molecular formula is C21H27ClFN3O. The van der Waals surface area contributed by atoms with Crippen LogP contribution in [0.5, 0.6) is 0 Å². The number of aromatic nitrogens is 1. The van der Waals surface area contributed by atoms with Crippen LogP contribution in [-0.4, -0.2) is 34.9 Å². The quantitative estimate of drug-likeness (QED) is 0.840. The minimum atomic E-state index is -0.384. The van der Waals surface area contributed by atoms with Crippen LogP contribution in [0.4, 0.5) is 4.39 Å². The number of pyridine rings is 1. The van der Waals surface area contributed by atoms with Gasteiger partial charge in [-0.25, -0.2) is 4.39 Å². The van der Waals surface area contributed by atoms with E-state index >= 15 is 0 Å². The number of nitrogens with one attached hydrogen (secondary N) is 1. The summed E-state index contributed by atoms with van der Waals surface area (Å²) in [5.41, 5.74) is 1.59. The lowest BCUT2D eigenvalue weighted by atomic mass is 9.97. The summed E-state index contributed by atoms with van der Waals surface area (Å²) in [6.45, 7) is 4.24. The van der Waals surface area contributed by atoms with Gasteiger partial charge in [0.05, 0.1) is 18.2 Å². The predicted molar refractivity (Wildman–Crippen MR) is 107 cm³/mol. The molecule has 2 aromatic rings. The average Bonchev–Trinajstić information content (AvgIpc) is 2.95. The van der Waals surface area contributed by atoms with E-state index in [4.69, 9.17) is 0 Å². The molecule has 1 aliphatic heterocycles. The number of benzene rings is 1. The van der Waals surface area contributed by atoms with E-state index in [-0.39, 0.29) is 36.1 Å². The highest BCUT2D eigenvalue weighted by molar-refractivity contribution is 5.85. The molecule has 3 rings (SSSR count). The maximum atomic E-state index is 13.6. The summed E-state index contributed by atoms with van der Waals surface area (Å²) in [5.74, 6) is -0.657. The highest BCUT2D eigenvalue weighted by atomic mass is 35.5. The van der Waals surface area contributed by atoms with E-state index in [1.54, 1.807) is 12.3 Å². The molecule has 2 heterocycles. The third-order valence-electron chi connectivity index (χ3n) is 5.05. The van der Waals surface area contributed by atoms with Crippen LogP contribution in [0.25, 0.3) is 0 Å². The molecule has 1 aromatic heterocycles. The largest absolute Gasteiger partial charge is 0.333 e. The number of nitrogens with zero attached hydrogens (tertiary/aromatic N) is 2. The molecule has 27 heavy (non-hydrogen) atoms. The lowest BCUT2D eigenvalue weighted by Gasteiger charge is -2.33. The predicted octanol–water partition coefficient (Wildman–Crippen LogP) is 3.92. The molecule has 1 amide bonds. The van der Waals surface area contributed by atoms with Crippen LogP contribution < -0.4 is 5.32 Å². The number of rotatable bonds is 5. The monoisotopic (exact) mass is 391 g/mol. The third kappa shape index (κ3) is 5.75. The Kier molecular flexibility index (Phi) is 8.20. The first-order chi connectivity index (χ1) is 12.6. The standard InChI is InChI=1S/C21H26FN3O.ClH/c1-16(17-6-4-7-18(22)14-17)21(26)25(15-19-8-2-3-12-24-19)20-9-5-11-23-13-10-20;/h2-4,6-8,12,14,16,20,23H,5,9-11,13,15H2,1H3;1H. The molecule has 0 saturated carbocycles. The Balaban J connectivity index is 0.00000261. The molecule has 1 fully saturated rings. The van der Waals surface area contributed by atoms with Crippen LogP contribution in [0, 0.1) is 5.82 Å². The number of halogens is 2. The van der Waals surface area contributed by atoms with Gasteiger partial charge in [0.25, 0.3) is 0 Å². The summed E-state index contributed by atoms with van der Waals surface area (Å²) >= 11 is 0.